The lowest BCUT2D eigenvalue weighted by molar-refractivity contribution is 0.592. The van der Waals surface area contributed by atoms with E-state index >= 15 is 0 Å². The molecule has 0 fully saturated rings. The molecule has 0 spiro atoms. The maximum atomic E-state index is 14.7. The van der Waals surface area contributed by atoms with Gasteiger partial charge in [0, 0.05) is 93.8 Å². The van der Waals surface area contributed by atoms with Gasteiger partial charge in [0.15, 0.2) is 14.3 Å². The quantitative estimate of drug-likeness (QED) is 0.341. The van der Waals surface area contributed by atoms with E-state index in [0.717, 1.165) is 0 Å². The van der Waals surface area contributed by atoms with E-state index in [-0.39, 0.29) is 0 Å². The SMILES string of the molecule is O=P(c1cccnc1)(c1cccnc1)c1cncc(P(=O)(c2cccnc2)c2cccnc2)c1. The second-order valence-corrected chi connectivity index (χ2v) is 13.0. The van der Waals surface area contributed by atoms with E-state index in [0.29, 0.717) is 31.8 Å². The van der Waals surface area contributed by atoms with E-state index in [1.165, 1.54) is 0 Å². The highest BCUT2D eigenvalue weighted by molar-refractivity contribution is 7.86. The second-order valence-electron chi connectivity index (χ2n) is 7.46. The Kier molecular flexibility index (Phi) is 5.97. The van der Waals surface area contributed by atoms with Gasteiger partial charge in [-0.2, -0.15) is 0 Å². The lowest BCUT2D eigenvalue weighted by Gasteiger charge is -2.22. The molecule has 5 aromatic rings. The first-order valence-electron chi connectivity index (χ1n) is 10.4. The van der Waals surface area contributed by atoms with E-state index in [4.69, 9.17) is 0 Å². The van der Waals surface area contributed by atoms with E-state index in [1.807, 2.05) is 0 Å². The van der Waals surface area contributed by atoms with Crippen LogP contribution in [0.3, 0.4) is 0 Å². The summed E-state index contributed by atoms with van der Waals surface area (Å²) in [6.07, 6.45) is 16.0. The molecule has 0 radical (unpaired) electrons. The first-order valence-corrected chi connectivity index (χ1v) is 13.8. The highest BCUT2D eigenvalue weighted by Crippen LogP contribution is 2.45. The summed E-state index contributed by atoms with van der Waals surface area (Å²) < 4.78 is 29.5. The van der Waals surface area contributed by atoms with E-state index in [9.17, 15) is 9.13 Å². The molecule has 9 heteroatoms. The van der Waals surface area contributed by atoms with Gasteiger partial charge in [-0.25, -0.2) is 0 Å². The molecule has 0 saturated heterocycles. The molecule has 5 heterocycles. The van der Waals surface area contributed by atoms with Crippen LogP contribution in [0.1, 0.15) is 0 Å². The number of hydrogen-bond donors (Lipinski definition) is 0. The molecule has 0 amide bonds. The third-order valence-corrected chi connectivity index (χ3v) is 11.4. The number of aromatic nitrogens is 5. The third-order valence-electron chi connectivity index (χ3n) is 5.47. The van der Waals surface area contributed by atoms with Gasteiger partial charge < -0.3 is 9.13 Å². The summed E-state index contributed by atoms with van der Waals surface area (Å²) in [7, 11) is -6.79. The van der Waals surface area contributed by atoms with Crippen molar-refractivity contribution in [3.63, 3.8) is 0 Å². The number of hydrogen-bond acceptors (Lipinski definition) is 7. The standard InChI is InChI=1S/C25H19N5O2P2/c31-33(20-5-1-9-26-14-20,21-6-2-10-27-15-21)24-13-25(19-30-18-24)34(32,22-7-3-11-28-16-22)23-8-4-12-29-17-23/h1-19H. The minimum Gasteiger partial charge on any atom is -0.308 e. The van der Waals surface area contributed by atoms with Crippen molar-refractivity contribution in [1.29, 1.82) is 0 Å². The minimum atomic E-state index is -3.40. The summed E-state index contributed by atoms with van der Waals surface area (Å²) in [5.74, 6) is 0. The predicted octanol–water partition coefficient (Wildman–Crippen LogP) is 1.94. The maximum absolute atomic E-state index is 14.7. The molecule has 5 rings (SSSR count). The van der Waals surface area contributed by atoms with Crippen LogP contribution in [0, 0.1) is 0 Å². The summed E-state index contributed by atoms with van der Waals surface area (Å²) in [6.45, 7) is 0. The van der Waals surface area contributed by atoms with E-state index in [2.05, 4.69) is 24.9 Å². The maximum Gasteiger partial charge on any atom is 0.175 e. The van der Waals surface area contributed by atoms with Crippen molar-refractivity contribution in [2.45, 2.75) is 0 Å². The van der Waals surface area contributed by atoms with Crippen LogP contribution in [0.25, 0.3) is 0 Å². The Morgan fingerprint density at radius 3 is 0.971 bits per heavy atom. The fourth-order valence-electron chi connectivity index (χ4n) is 3.81. The van der Waals surface area contributed by atoms with Crippen molar-refractivity contribution in [1.82, 2.24) is 24.9 Å². The largest absolute Gasteiger partial charge is 0.308 e. The average molecular weight is 483 g/mol. The zero-order valence-electron chi connectivity index (χ0n) is 17.9. The topological polar surface area (TPSA) is 98.6 Å². The summed E-state index contributed by atoms with van der Waals surface area (Å²) in [4.78, 5) is 21.1. The Morgan fingerprint density at radius 2 is 0.706 bits per heavy atom. The van der Waals surface area contributed by atoms with Crippen molar-refractivity contribution < 1.29 is 9.13 Å². The molecule has 0 aliphatic rings. The van der Waals surface area contributed by atoms with Crippen LogP contribution in [-0.4, -0.2) is 24.9 Å². The van der Waals surface area contributed by atoms with Crippen LogP contribution in [0.2, 0.25) is 0 Å². The van der Waals surface area contributed by atoms with Crippen molar-refractivity contribution in [2.24, 2.45) is 0 Å². The van der Waals surface area contributed by atoms with Gasteiger partial charge in [-0.15, -0.1) is 0 Å². The Hall–Kier alpha value is -3.79. The summed E-state index contributed by atoms with van der Waals surface area (Å²) in [5.41, 5.74) is 0. The van der Waals surface area contributed by atoms with Gasteiger partial charge >= 0.3 is 0 Å². The first-order chi connectivity index (χ1) is 16.6. The number of nitrogens with zero attached hydrogens (tertiary/aromatic N) is 5. The lowest BCUT2D eigenvalue weighted by Crippen LogP contribution is -2.31. The van der Waals surface area contributed by atoms with Crippen LogP contribution in [0.5, 0.6) is 0 Å². The number of pyridine rings is 5. The van der Waals surface area contributed by atoms with Crippen molar-refractivity contribution in [2.75, 3.05) is 0 Å². The normalized spacial score (nSPS) is 11.8. The highest BCUT2D eigenvalue weighted by atomic mass is 31.2. The van der Waals surface area contributed by atoms with Crippen LogP contribution < -0.4 is 31.8 Å². The molecule has 0 aliphatic carbocycles. The lowest BCUT2D eigenvalue weighted by atomic mass is 10.5. The predicted molar refractivity (Wildman–Crippen MR) is 134 cm³/mol. The Labute approximate surface area is 196 Å². The zero-order valence-corrected chi connectivity index (χ0v) is 19.7. The molecular formula is C25H19N5O2P2. The monoisotopic (exact) mass is 483 g/mol. The van der Waals surface area contributed by atoms with Crippen LogP contribution in [0.15, 0.2) is 117 Å². The van der Waals surface area contributed by atoms with Crippen molar-refractivity contribution in [3.05, 3.63) is 117 Å². The first kappa shape index (κ1) is 22.0. The van der Waals surface area contributed by atoms with E-state index in [1.54, 1.807) is 117 Å². The number of rotatable bonds is 6. The average Bonchev–Trinajstić information content (AvgIpc) is 2.94. The Bertz CT molecular complexity index is 1300. The molecule has 0 saturated carbocycles. The molecule has 0 aromatic carbocycles. The van der Waals surface area contributed by atoms with Crippen molar-refractivity contribution >= 4 is 46.1 Å². The van der Waals surface area contributed by atoms with Crippen LogP contribution in [0.4, 0.5) is 0 Å². The van der Waals surface area contributed by atoms with E-state index < -0.39 is 14.3 Å². The van der Waals surface area contributed by atoms with Crippen molar-refractivity contribution in [3.8, 4) is 0 Å². The van der Waals surface area contributed by atoms with Gasteiger partial charge in [0.05, 0.1) is 0 Å². The fourth-order valence-corrected chi connectivity index (χ4v) is 8.91. The Morgan fingerprint density at radius 1 is 0.412 bits per heavy atom. The molecule has 34 heavy (non-hydrogen) atoms. The molecule has 0 atom stereocenters. The van der Waals surface area contributed by atoms with Gasteiger partial charge in [0.1, 0.15) is 0 Å². The third kappa shape index (κ3) is 3.79. The summed E-state index contributed by atoms with van der Waals surface area (Å²) in [6, 6.07) is 15.8. The van der Waals surface area contributed by atoms with Gasteiger partial charge in [-0.3, -0.25) is 24.9 Å². The van der Waals surface area contributed by atoms with Gasteiger partial charge in [-0.05, 0) is 54.6 Å². The van der Waals surface area contributed by atoms with Gasteiger partial charge in [0.25, 0.3) is 0 Å². The minimum absolute atomic E-state index is 0.444. The zero-order chi connectivity index (χ0) is 23.4. The molecular weight excluding hydrogens is 464 g/mol. The molecule has 5 aromatic heterocycles. The van der Waals surface area contributed by atoms with Crippen LogP contribution in [-0.2, 0) is 9.13 Å². The molecule has 0 bridgehead atoms. The van der Waals surface area contributed by atoms with Crippen LogP contribution >= 0.6 is 14.3 Å². The molecule has 166 valence electrons. The molecule has 7 nitrogen and oxygen atoms in total. The summed E-state index contributed by atoms with van der Waals surface area (Å²) >= 11 is 0. The molecule has 0 unspecified atom stereocenters. The second kappa shape index (κ2) is 9.22. The smallest absolute Gasteiger partial charge is 0.175 e. The summed E-state index contributed by atoms with van der Waals surface area (Å²) in [5, 5.41) is 3.05. The Balaban J connectivity index is 1.76. The van der Waals surface area contributed by atoms with Gasteiger partial charge in [-0.1, -0.05) is 0 Å². The molecule has 0 aliphatic heterocycles. The fraction of sp³-hybridized carbons (Fsp3) is 0. The highest BCUT2D eigenvalue weighted by Gasteiger charge is 2.35. The van der Waals surface area contributed by atoms with Gasteiger partial charge in [0.2, 0.25) is 0 Å². The molecule has 0 N–H and O–H groups in total.